The van der Waals surface area contributed by atoms with E-state index in [9.17, 15) is 28.0 Å². The van der Waals surface area contributed by atoms with Gasteiger partial charge in [-0.2, -0.15) is 14.0 Å². The van der Waals surface area contributed by atoms with Crippen molar-refractivity contribution >= 4 is 17.6 Å². The average molecular weight is 504 g/mol. The van der Waals surface area contributed by atoms with Crippen molar-refractivity contribution in [3.63, 3.8) is 0 Å². The number of likely N-dealkylation sites (tertiary alicyclic amines) is 1. The molecule has 1 aliphatic carbocycles. The van der Waals surface area contributed by atoms with Crippen molar-refractivity contribution in [1.29, 1.82) is 5.26 Å². The first-order valence-electron chi connectivity index (χ1n) is 11.2. The van der Waals surface area contributed by atoms with Crippen LogP contribution in [0.1, 0.15) is 18.4 Å². The van der Waals surface area contributed by atoms with Gasteiger partial charge in [0.05, 0.1) is 23.9 Å². The fourth-order valence-corrected chi connectivity index (χ4v) is 4.17. The molecule has 1 aromatic heterocycles. The monoisotopic (exact) mass is 504 g/mol. The zero-order valence-electron chi connectivity index (χ0n) is 18.9. The van der Waals surface area contributed by atoms with E-state index in [0.717, 1.165) is 0 Å². The van der Waals surface area contributed by atoms with Crippen LogP contribution >= 0.6 is 0 Å². The minimum Gasteiger partial charge on any atom is -0.486 e. The number of carbonyl (C=O) groups is 2. The Hall–Kier alpha value is -3.69. The fourth-order valence-electron chi connectivity index (χ4n) is 4.17. The molecule has 2 amide bonds. The lowest BCUT2D eigenvalue weighted by Crippen LogP contribution is -2.50. The summed E-state index contributed by atoms with van der Waals surface area (Å²) in [5.74, 6) is -3.37. The lowest BCUT2D eigenvalue weighted by Gasteiger charge is -2.34. The summed E-state index contributed by atoms with van der Waals surface area (Å²) in [5, 5.41) is 29.8. The molecular weight excluding hydrogens is 481 g/mol. The number of anilines is 1. The standard InChI is InChI=1S/C24H23F3N4O5/c25-18-11-31(22(33)12-32)6-4-20(18)36-19-2-1-13(7-15(19)10-28)14-3-5-29-21(8-14)30-23(34)16-9-17(16)24(26,27)35/h1-3,5,7-8,16-18,20,32,35H,4,6,9,11-12H2,(H,29,30,34)/t16?,17?,18-,20+/m1/s1. The average Bonchev–Trinajstić information content (AvgIpc) is 3.67. The highest BCUT2D eigenvalue weighted by Gasteiger charge is 2.57. The maximum atomic E-state index is 14.6. The first-order chi connectivity index (χ1) is 17.1. The molecule has 190 valence electrons. The topological polar surface area (TPSA) is 136 Å². The van der Waals surface area contributed by atoms with Gasteiger partial charge >= 0.3 is 6.11 Å². The second-order valence-electron chi connectivity index (χ2n) is 8.74. The van der Waals surface area contributed by atoms with Crippen LogP contribution in [0.4, 0.5) is 19.0 Å². The Bertz CT molecular complexity index is 1200. The Morgan fingerprint density at radius 3 is 2.67 bits per heavy atom. The summed E-state index contributed by atoms with van der Waals surface area (Å²) < 4.78 is 46.2. The molecule has 4 rings (SSSR count). The lowest BCUT2D eigenvalue weighted by molar-refractivity contribution is -0.217. The van der Waals surface area contributed by atoms with E-state index in [2.05, 4.69) is 10.3 Å². The first-order valence-corrected chi connectivity index (χ1v) is 11.2. The third-order valence-electron chi connectivity index (χ3n) is 6.27. The van der Waals surface area contributed by atoms with Gasteiger partial charge in [0, 0.05) is 19.2 Å². The number of pyridine rings is 1. The molecule has 0 radical (unpaired) electrons. The smallest absolute Gasteiger partial charge is 0.356 e. The number of nitriles is 1. The summed E-state index contributed by atoms with van der Waals surface area (Å²) in [6, 6.07) is 9.82. The van der Waals surface area contributed by atoms with E-state index in [0.29, 0.717) is 11.1 Å². The summed E-state index contributed by atoms with van der Waals surface area (Å²) in [5.41, 5.74) is 1.28. The Balaban J connectivity index is 1.44. The molecule has 12 heteroatoms. The van der Waals surface area contributed by atoms with Crippen molar-refractivity contribution in [2.75, 3.05) is 25.0 Å². The van der Waals surface area contributed by atoms with Crippen molar-refractivity contribution in [2.45, 2.75) is 31.2 Å². The van der Waals surface area contributed by atoms with Gasteiger partial charge in [0.1, 0.15) is 30.3 Å². The summed E-state index contributed by atoms with van der Waals surface area (Å²) >= 11 is 0. The Morgan fingerprint density at radius 2 is 2.03 bits per heavy atom. The minimum atomic E-state index is -3.91. The Morgan fingerprint density at radius 1 is 1.28 bits per heavy atom. The number of hydrogen-bond donors (Lipinski definition) is 3. The van der Waals surface area contributed by atoms with Crippen LogP contribution in [0.2, 0.25) is 0 Å². The summed E-state index contributed by atoms with van der Waals surface area (Å²) in [6.07, 6.45) is -4.81. The van der Waals surface area contributed by atoms with Crippen LogP contribution in [0, 0.1) is 23.2 Å². The fraction of sp³-hybridized carbons (Fsp3) is 0.417. The number of nitrogens with one attached hydrogen (secondary N) is 1. The van der Waals surface area contributed by atoms with Crippen molar-refractivity contribution in [3.05, 3.63) is 42.1 Å². The van der Waals surface area contributed by atoms with Crippen LogP contribution in [0.15, 0.2) is 36.5 Å². The molecule has 2 aromatic rings. The van der Waals surface area contributed by atoms with Crippen LogP contribution in [0.5, 0.6) is 5.75 Å². The van der Waals surface area contributed by atoms with Crippen LogP contribution in [0.3, 0.4) is 0 Å². The number of nitrogens with zero attached hydrogens (tertiary/aromatic N) is 3. The van der Waals surface area contributed by atoms with Gasteiger partial charge in [0.25, 0.3) is 0 Å². The third kappa shape index (κ3) is 5.58. The predicted octanol–water partition coefficient (Wildman–Crippen LogP) is 2.09. The number of alkyl halides is 3. The second-order valence-corrected chi connectivity index (χ2v) is 8.74. The number of aliphatic hydroxyl groups excluding tert-OH is 1. The van der Waals surface area contributed by atoms with Gasteiger partial charge in [-0.05, 0) is 41.8 Å². The SMILES string of the molecule is N#Cc1cc(-c2ccnc(NC(=O)C3CC3C(O)(F)F)c2)ccc1O[C@H]1CCN(C(=O)CO)C[C@H]1F. The molecule has 1 aromatic carbocycles. The molecule has 3 N–H and O–H groups in total. The maximum absolute atomic E-state index is 14.6. The Labute approximate surface area is 204 Å². The van der Waals surface area contributed by atoms with Crippen LogP contribution in [0.25, 0.3) is 11.1 Å². The number of amides is 2. The number of aliphatic hydroxyl groups is 2. The lowest BCUT2D eigenvalue weighted by atomic mass is 10.0. The van der Waals surface area contributed by atoms with Crippen LogP contribution < -0.4 is 10.1 Å². The maximum Gasteiger partial charge on any atom is 0.356 e. The van der Waals surface area contributed by atoms with E-state index < -0.39 is 48.6 Å². The zero-order valence-corrected chi connectivity index (χ0v) is 18.9. The number of aromatic nitrogens is 1. The highest BCUT2D eigenvalue weighted by atomic mass is 19.3. The van der Waals surface area contributed by atoms with E-state index in [1.54, 1.807) is 12.1 Å². The van der Waals surface area contributed by atoms with E-state index in [1.165, 1.54) is 29.3 Å². The van der Waals surface area contributed by atoms with Crippen molar-refractivity contribution in [2.24, 2.45) is 11.8 Å². The van der Waals surface area contributed by atoms with Crippen molar-refractivity contribution in [1.82, 2.24) is 9.88 Å². The molecule has 2 fully saturated rings. The quantitative estimate of drug-likeness (QED) is 0.525. The molecule has 1 saturated carbocycles. The van der Waals surface area contributed by atoms with E-state index in [-0.39, 0.29) is 43.1 Å². The second kappa shape index (κ2) is 10.1. The van der Waals surface area contributed by atoms with Gasteiger partial charge < -0.3 is 25.2 Å². The molecule has 1 saturated heterocycles. The summed E-state index contributed by atoms with van der Waals surface area (Å²) in [7, 11) is 0. The molecule has 36 heavy (non-hydrogen) atoms. The third-order valence-corrected chi connectivity index (χ3v) is 6.27. The molecule has 2 unspecified atom stereocenters. The van der Waals surface area contributed by atoms with Crippen molar-refractivity contribution < 1.29 is 37.7 Å². The molecule has 2 aliphatic rings. The minimum absolute atomic E-state index is 0.118. The van der Waals surface area contributed by atoms with Gasteiger partial charge in [0.15, 0.2) is 6.17 Å². The van der Waals surface area contributed by atoms with Gasteiger partial charge in [-0.15, -0.1) is 0 Å². The Kier molecular flexibility index (Phi) is 7.14. The van der Waals surface area contributed by atoms with Crippen molar-refractivity contribution in [3.8, 4) is 22.9 Å². The normalized spacial score (nSPS) is 23.5. The van der Waals surface area contributed by atoms with Crippen LogP contribution in [-0.2, 0) is 9.59 Å². The molecule has 2 heterocycles. The number of carbonyl (C=O) groups excluding carboxylic acids is 2. The zero-order chi connectivity index (χ0) is 26.0. The molecule has 4 atom stereocenters. The number of ether oxygens (including phenoxy) is 1. The van der Waals surface area contributed by atoms with Gasteiger partial charge in [0.2, 0.25) is 11.8 Å². The number of piperidine rings is 1. The van der Waals surface area contributed by atoms with Gasteiger partial charge in [-0.1, -0.05) is 6.07 Å². The van der Waals surface area contributed by atoms with Gasteiger partial charge in [-0.25, -0.2) is 9.37 Å². The molecule has 9 nitrogen and oxygen atoms in total. The largest absolute Gasteiger partial charge is 0.486 e. The van der Waals surface area contributed by atoms with E-state index >= 15 is 0 Å². The molecular formula is C24H23F3N4O5. The van der Waals surface area contributed by atoms with Gasteiger partial charge in [-0.3, -0.25) is 9.59 Å². The summed E-state index contributed by atoms with van der Waals surface area (Å²) in [6.45, 7) is -0.695. The summed E-state index contributed by atoms with van der Waals surface area (Å²) in [4.78, 5) is 29.0. The van der Waals surface area contributed by atoms with E-state index in [1.807, 2.05) is 6.07 Å². The van der Waals surface area contributed by atoms with E-state index in [4.69, 9.17) is 14.9 Å². The number of halogens is 3. The van der Waals surface area contributed by atoms with Crippen LogP contribution in [-0.4, -0.2) is 70.0 Å². The number of rotatable bonds is 7. The molecule has 0 bridgehead atoms. The predicted molar refractivity (Wildman–Crippen MR) is 119 cm³/mol. The molecule has 1 aliphatic heterocycles. The number of benzene rings is 1. The highest BCUT2D eigenvalue weighted by molar-refractivity contribution is 5.94. The number of hydrogen-bond acceptors (Lipinski definition) is 7. The first kappa shape index (κ1) is 25.4. The highest BCUT2D eigenvalue weighted by Crippen LogP contribution is 2.48. The molecule has 0 spiro atoms.